The minimum absolute atomic E-state index is 0.856. The van der Waals surface area contributed by atoms with E-state index in [-0.39, 0.29) is 0 Å². The molecule has 6 heterocycles. The van der Waals surface area contributed by atoms with Crippen molar-refractivity contribution in [2.24, 2.45) is 0 Å². The van der Waals surface area contributed by atoms with Crippen LogP contribution in [0.1, 0.15) is 41.5 Å². The van der Waals surface area contributed by atoms with Crippen LogP contribution in [0, 0.1) is 13.8 Å². The van der Waals surface area contributed by atoms with Gasteiger partial charge in [0.25, 0.3) is 0 Å². The maximum atomic E-state index is 4.79. The van der Waals surface area contributed by atoms with Crippen LogP contribution in [-0.2, 0) is 12.8 Å². The van der Waals surface area contributed by atoms with E-state index >= 15 is 0 Å². The molecule has 0 bridgehead atoms. The molecule has 0 radical (unpaired) electrons. The van der Waals surface area contributed by atoms with E-state index in [0.29, 0.717) is 0 Å². The summed E-state index contributed by atoms with van der Waals surface area (Å²) in [5.41, 5.74) is 11.7. The van der Waals surface area contributed by atoms with Crippen LogP contribution in [0.25, 0.3) is 45.6 Å². The lowest BCUT2D eigenvalue weighted by Crippen LogP contribution is -1.94. The third kappa shape index (κ3) is 7.22. The predicted octanol–water partition coefficient (Wildman–Crippen LogP) is 8.30. The van der Waals surface area contributed by atoms with Gasteiger partial charge in [-0.2, -0.15) is 0 Å². The molecule has 6 aromatic heterocycles. The summed E-state index contributed by atoms with van der Waals surface area (Å²) in [7, 11) is 0. The molecule has 0 aliphatic rings. The van der Waals surface area contributed by atoms with Crippen molar-refractivity contribution in [1.82, 2.24) is 29.9 Å². The lowest BCUT2D eigenvalue weighted by molar-refractivity contribution is 0.676. The van der Waals surface area contributed by atoms with Crippen molar-refractivity contribution in [3.05, 3.63) is 132 Å². The Bertz CT molecular complexity index is 1640. The third-order valence-electron chi connectivity index (χ3n) is 7.45. The van der Waals surface area contributed by atoms with Crippen molar-refractivity contribution in [2.45, 2.75) is 46.0 Å². The van der Waals surface area contributed by atoms with Gasteiger partial charge in [-0.1, -0.05) is 42.8 Å². The average Bonchev–Trinajstić information content (AvgIpc) is 3.06. The molecule has 212 valence electrons. The zero-order chi connectivity index (χ0) is 29.4. The number of aryl methyl sites for hydroxylation is 4. The first-order valence-electron chi connectivity index (χ1n) is 14.8. The van der Waals surface area contributed by atoms with E-state index in [2.05, 4.69) is 46.4 Å². The van der Waals surface area contributed by atoms with E-state index in [4.69, 9.17) is 19.9 Å². The van der Waals surface area contributed by atoms with Gasteiger partial charge in [-0.25, -0.2) is 9.97 Å². The Morgan fingerprint density at radius 1 is 0.372 bits per heavy atom. The fourth-order valence-corrected chi connectivity index (χ4v) is 4.96. The summed E-state index contributed by atoms with van der Waals surface area (Å²) in [5, 5.41) is 0. The Hall–Kier alpha value is -5.10. The Kier molecular flexibility index (Phi) is 8.64. The van der Waals surface area contributed by atoms with Crippen LogP contribution < -0.4 is 0 Å². The third-order valence-corrected chi connectivity index (χ3v) is 7.45. The number of hydrogen-bond donors (Lipinski definition) is 0. The Balaban J connectivity index is 0.976. The molecule has 43 heavy (non-hydrogen) atoms. The van der Waals surface area contributed by atoms with E-state index < -0.39 is 0 Å². The maximum absolute atomic E-state index is 4.79. The molecular formula is C37H34N6. The number of pyridine rings is 6. The maximum Gasteiger partial charge on any atom is 0.0894 e. The Morgan fingerprint density at radius 2 is 0.744 bits per heavy atom. The summed E-state index contributed by atoms with van der Waals surface area (Å²) in [5.74, 6) is 0. The van der Waals surface area contributed by atoms with Gasteiger partial charge in [0, 0.05) is 24.8 Å². The van der Waals surface area contributed by atoms with Crippen molar-refractivity contribution >= 4 is 0 Å². The lowest BCUT2D eigenvalue weighted by Gasteiger charge is -2.07. The highest BCUT2D eigenvalue weighted by molar-refractivity contribution is 5.63. The zero-order valence-electron chi connectivity index (χ0n) is 24.6. The van der Waals surface area contributed by atoms with Crippen LogP contribution in [0.15, 0.2) is 110 Å². The predicted molar refractivity (Wildman–Crippen MR) is 172 cm³/mol. The number of aromatic nitrogens is 6. The number of rotatable bonds is 10. The second-order valence-electron chi connectivity index (χ2n) is 10.9. The molecule has 0 unspecified atom stereocenters. The average molecular weight is 563 g/mol. The number of nitrogens with zero attached hydrogens (tertiary/aromatic N) is 6. The standard InChI is InChI=1S/C37H34N6/c1-26-14-18-30(38-22-26)34-10-6-12-36(42-34)32-20-16-28(24-40-32)8-4-3-5-9-29-17-21-33(41-25-29)37-13-7-11-35(43-37)31-19-15-27(2)23-39-31/h6-7,10-25H,3-5,8-9H2,1-2H3. The van der Waals surface area contributed by atoms with Gasteiger partial charge >= 0.3 is 0 Å². The van der Waals surface area contributed by atoms with Gasteiger partial charge in [-0.15, -0.1) is 0 Å². The molecule has 6 aromatic rings. The lowest BCUT2D eigenvalue weighted by atomic mass is 10.0. The second-order valence-corrected chi connectivity index (χ2v) is 10.9. The van der Waals surface area contributed by atoms with Crippen LogP contribution in [0.3, 0.4) is 0 Å². The SMILES string of the molecule is Cc1ccc(-c2cccc(-c3ccc(CCCCCc4ccc(-c5cccc(-c6ccc(C)cn6)n5)nc4)cn3)n2)nc1. The molecule has 0 atom stereocenters. The molecule has 0 saturated heterocycles. The van der Waals surface area contributed by atoms with E-state index in [1.54, 1.807) is 0 Å². The first-order chi connectivity index (χ1) is 21.1. The molecule has 0 N–H and O–H groups in total. The van der Waals surface area contributed by atoms with Crippen LogP contribution >= 0.6 is 0 Å². The van der Waals surface area contributed by atoms with Crippen molar-refractivity contribution < 1.29 is 0 Å². The molecular weight excluding hydrogens is 528 g/mol. The van der Waals surface area contributed by atoms with Gasteiger partial charge in [0.15, 0.2) is 0 Å². The quantitative estimate of drug-likeness (QED) is 0.156. The van der Waals surface area contributed by atoms with Crippen LogP contribution in [0.4, 0.5) is 0 Å². The summed E-state index contributed by atoms with van der Waals surface area (Å²) in [6.07, 6.45) is 13.1. The van der Waals surface area contributed by atoms with Crippen molar-refractivity contribution in [3.63, 3.8) is 0 Å². The topological polar surface area (TPSA) is 77.3 Å². The van der Waals surface area contributed by atoms with Crippen LogP contribution in [0.2, 0.25) is 0 Å². The summed E-state index contributed by atoms with van der Waals surface area (Å²) in [4.78, 5) is 28.0. The Labute approximate surface area is 253 Å². The minimum atomic E-state index is 0.856. The molecule has 6 heteroatoms. The van der Waals surface area contributed by atoms with Crippen molar-refractivity contribution in [2.75, 3.05) is 0 Å². The van der Waals surface area contributed by atoms with Gasteiger partial charge in [0.2, 0.25) is 0 Å². The number of hydrogen-bond acceptors (Lipinski definition) is 6. The molecule has 0 aromatic carbocycles. The second kappa shape index (κ2) is 13.3. The highest BCUT2D eigenvalue weighted by Gasteiger charge is 2.08. The highest BCUT2D eigenvalue weighted by atomic mass is 14.8. The summed E-state index contributed by atoms with van der Waals surface area (Å²) >= 11 is 0. The first kappa shape index (κ1) is 28.0. The molecule has 6 nitrogen and oxygen atoms in total. The van der Waals surface area contributed by atoms with Gasteiger partial charge in [-0.05, 0) is 110 Å². The summed E-state index contributed by atoms with van der Waals surface area (Å²) < 4.78 is 0. The van der Waals surface area contributed by atoms with E-state index in [1.807, 2.05) is 87.2 Å². The largest absolute Gasteiger partial charge is 0.254 e. The van der Waals surface area contributed by atoms with Gasteiger partial charge in [0.1, 0.15) is 0 Å². The summed E-state index contributed by atoms with van der Waals surface area (Å²) in [6.45, 7) is 4.07. The van der Waals surface area contributed by atoms with Crippen molar-refractivity contribution in [1.29, 1.82) is 0 Å². The molecule has 0 fully saturated rings. The normalized spacial score (nSPS) is 11.0. The Morgan fingerprint density at radius 3 is 1.07 bits per heavy atom. The minimum Gasteiger partial charge on any atom is -0.254 e. The van der Waals surface area contributed by atoms with E-state index in [9.17, 15) is 0 Å². The molecule has 0 amide bonds. The van der Waals surface area contributed by atoms with E-state index in [0.717, 1.165) is 88.8 Å². The first-order valence-corrected chi connectivity index (χ1v) is 14.8. The zero-order valence-corrected chi connectivity index (χ0v) is 24.6. The van der Waals surface area contributed by atoms with E-state index in [1.165, 1.54) is 11.1 Å². The molecule has 0 aliphatic heterocycles. The van der Waals surface area contributed by atoms with Crippen LogP contribution in [-0.4, -0.2) is 29.9 Å². The number of unbranched alkanes of at least 4 members (excludes halogenated alkanes) is 2. The molecule has 0 spiro atoms. The fourth-order valence-electron chi connectivity index (χ4n) is 4.96. The van der Waals surface area contributed by atoms with Gasteiger partial charge in [-0.3, -0.25) is 19.9 Å². The van der Waals surface area contributed by atoms with Gasteiger partial charge < -0.3 is 0 Å². The summed E-state index contributed by atoms with van der Waals surface area (Å²) in [6, 6.07) is 28.6. The van der Waals surface area contributed by atoms with Crippen LogP contribution in [0.5, 0.6) is 0 Å². The monoisotopic (exact) mass is 562 g/mol. The highest BCUT2D eigenvalue weighted by Crippen LogP contribution is 2.22. The fraction of sp³-hybridized carbons (Fsp3) is 0.189. The van der Waals surface area contributed by atoms with Crippen molar-refractivity contribution in [3.8, 4) is 45.6 Å². The molecule has 0 aliphatic carbocycles. The smallest absolute Gasteiger partial charge is 0.0894 e. The molecule has 0 saturated carbocycles. The molecule has 6 rings (SSSR count). The van der Waals surface area contributed by atoms with Gasteiger partial charge in [0.05, 0.1) is 45.6 Å².